The average molecular weight is 423 g/mol. The summed E-state index contributed by atoms with van der Waals surface area (Å²) in [4.78, 5) is 34.7. The van der Waals surface area contributed by atoms with Crippen molar-refractivity contribution in [2.24, 2.45) is 0 Å². The van der Waals surface area contributed by atoms with Gasteiger partial charge >= 0.3 is 18.2 Å². The summed E-state index contributed by atoms with van der Waals surface area (Å²) in [5.41, 5.74) is 0.327. The second-order valence-electron chi connectivity index (χ2n) is 8.08. The summed E-state index contributed by atoms with van der Waals surface area (Å²) >= 11 is 0. The second-order valence-corrected chi connectivity index (χ2v) is 8.08. The number of ether oxygens (including phenoxy) is 2. The zero-order valence-corrected chi connectivity index (χ0v) is 18.1. The van der Waals surface area contributed by atoms with Crippen molar-refractivity contribution in [3.63, 3.8) is 0 Å². The number of carbonyl (C=O) groups excluding carboxylic acids is 2. The molecular weight excluding hydrogens is 388 g/mol. The first-order valence-electron chi connectivity index (χ1n) is 10.3. The summed E-state index contributed by atoms with van der Waals surface area (Å²) in [6.07, 6.45) is 3.36. The summed E-state index contributed by atoms with van der Waals surface area (Å²) < 4.78 is 10.2. The van der Waals surface area contributed by atoms with Crippen LogP contribution in [0, 0.1) is 0 Å². The van der Waals surface area contributed by atoms with E-state index in [9.17, 15) is 19.5 Å². The van der Waals surface area contributed by atoms with Crippen molar-refractivity contribution in [1.29, 1.82) is 0 Å². The highest BCUT2D eigenvalue weighted by atomic mass is 16.6. The van der Waals surface area contributed by atoms with Gasteiger partial charge in [0.2, 0.25) is 0 Å². The van der Waals surface area contributed by atoms with Gasteiger partial charge in [0.1, 0.15) is 18.2 Å². The highest BCUT2D eigenvalue weighted by Gasteiger charge is 2.20. The van der Waals surface area contributed by atoms with Gasteiger partial charge in [-0.1, -0.05) is 56.0 Å². The molecule has 8 heteroatoms. The number of carbonyl (C=O) groups is 3. The molecule has 0 bridgehead atoms. The number of alkyl carbamates (subject to hydrolysis) is 2. The predicted octanol–water partition coefficient (Wildman–Crippen LogP) is 4.23. The summed E-state index contributed by atoms with van der Waals surface area (Å²) in [5.74, 6) is -1.08. The normalized spacial score (nSPS) is 12.0. The molecule has 1 aromatic carbocycles. The number of nitrogens with one attached hydrogen (secondary N) is 2. The first-order valence-corrected chi connectivity index (χ1v) is 10.3. The lowest BCUT2D eigenvalue weighted by Gasteiger charge is -2.19. The molecule has 0 saturated heterocycles. The summed E-state index contributed by atoms with van der Waals surface area (Å²) in [6, 6.07) is 8.22. The predicted molar refractivity (Wildman–Crippen MR) is 113 cm³/mol. The van der Waals surface area contributed by atoms with Gasteiger partial charge in [0.25, 0.3) is 0 Å². The van der Waals surface area contributed by atoms with E-state index in [1.807, 2.05) is 51.1 Å². The third-order valence-corrected chi connectivity index (χ3v) is 4.14. The highest BCUT2D eigenvalue weighted by Crippen LogP contribution is 2.09. The molecule has 0 fully saturated rings. The molecule has 0 radical (unpaired) electrons. The van der Waals surface area contributed by atoms with Crippen LogP contribution in [-0.2, 0) is 20.9 Å². The van der Waals surface area contributed by atoms with Crippen molar-refractivity contribution < 1.29 is 29.0 Å². The van der Waals surface area contributed by atoms with Gasteiger partial charge < -0.3 is 25.2 Å². The van der Waals surface area contributed by atoms with E-state index in [0.717, 1.165) is 31.2 Å². The number of aliphatic carboxylic acids is 1. The van der Waals surface area contributed by atoms with Crippen LogP contribution in [-0.4, -0.2) is 41.4 Å². The molecule has 1 unspecified atom stereocenters. The molecule has 0 spiro atoms. The maximum Gasteiger partial charge on any atom is 0.408 e. The number of rotatable bonds is 12. The molecule has 8 nitrogen and oxygen atoms in total. The van der Waals surface area contributed by atoms with Crippen LogP contribution in [0.4, 0.5) is 9.59 Å². The summed E-state index contributed by atoms with van der Waals surface area (Å²) in [7, 11) is 0. The van der Waals surface area contributed by atoms with E-state index in [0.29, 0.717) is 19.4 Å². The third kappa shape index (κ3) is 12.6. The van der Waals surface area contributed by atoms with Crippen LogP contribution < -0.4 is 10.6 Å². The van der Waals surface area contributed by atoms with Crippen LogP contribution in [0.15, 0.2) is 30.3 Å². The number of carboxylic acid groups (broad SMARTS) is 1. The minimum atomic E-state index is -1.08. The first kappa shape index (κ1) is 25.3. The van der Waals surface area contributed by atoms with E-state index in [1.54, 1.807) is 0 Å². The Kier molecular flexibility index (Phi) is 11.3. The van der Waals surface area contributed by atoms with Gasteiger partial charge in [-0.25, -0.2) is 14.4 Å². The van der Waals surface area contributed by atoms with Gasteiger partial charge in [-0.2, -0.15) is 0 Å². The van der Waals surface area contributed by atoms with Gasteiger partial charge in [-0.15, -0.1) is 0 Å². The molecule has 168 valence electrons. The number of carboxylic acids is 1. The smallest absolute Gasteiger partial charge is 0.408 e. The topological polar surface area (TPSA) is 114 Å². The lowest BCUT2D eigenvalue weighted by molar-refractivity contribution is -0.139. The lowest BCUT2D eigenvalue weighted by atomic mass is 10.1. The molecule has 0 aliphatic carbocycles. The lowest BCUT2D eigenvalue weighted by Crippen LogP contribution is -2.40. The standard InChI is InChI=1S/C22H34N2O6/c1-22(2,3)30-20(27)23-15-11-6-4-5-10-14-18(19(25)26)24-21(28)29-16-17-12-8-7-9-13-17/h7-9,12-13,18H,4-6,10-11,14-16H2,1-3H3,(H,23,27)(H,24,28)(H,25,26). The molecule has 0 aliphatic heterocycles. The van der Waals surface area contributed by atoms with Gasteiger partial charge in [0.05, 0.1) is 0 Å². The van der Waals surface area contributed by atoms with Crippen molar-refractivity contribution in [1.82, 2.24) is 10.6 Å². The Labute approximate surface area is 178 Å². The molecule has 0 saturated carbocycles. The molecule has 2 amide bonds. The van der Waals surface area contributed by atoms with Crippen molar-refractivity contribution in [3.05, 3.63) is 35.9 Å². The Morgan fingerprint density at radius 3 is 2.23 bits per heavy atom. The maximum absolute atomic E-state index is 11.8. The molecule has 1 atom stereocenters. The molecule has 3 N–H and O–H groups in total. The van der Waals surface area contributed by atoms with Gasteiger partial charge in [-0.05, 0) is 39.2 Å². The van der Waals surface area contributed by atoms with E-state index in [-0.39, 0.29) is 6.61 Å². The monoisotopic (exact) mass is 422 g/mol. The van der Waals surface area contributed by atoms with Crippen LogP contribution in [0.2, 0.25) is 0 Å². The summed E-state index contributed by atoms with van der Waals surface area (Å²) in [6.45, 7) is 6.08. The van der Waals surface area contributed by atoms with Crippen LogP contribution >= 0.6 is 0 Å². The number of unbranched alkanes of at least 4 members (excludes halogenated alkanes) is 4. The molecule has 0 aromatic heterocycles. The number of benzene rings is 1. The van der Waals surface area contributed by atoms with Crippen molar-refractivity contribution in [2.75, 3.05) is 6.54 Å². The molecule has 30 heavy (non-hydrogen) atoms. The van der Waals surface area contributed by atoms with Crippen molar-refractivity contribution in [3.8, 4) is 0 Å². The Balaban J connectivity index is 2.13. The SMILES string of the molecule is CC(C)(C)OC(=O)NCCCCCCCC(NC(=O)OCc1ccccc1)C(=O)O. The fourth-order valence-corrected chi connectivity index (χ4v) is 2.67. The minimum Gasteiger partial charge on any atom is -0.480 e. The zero-order valence-electron chi connectivity index (χ0n) is 18.1. The highest BCUT2D eigenvalue weighted by molar-refractivity contribution is 5.79. The van der Waals surface area contributed by atoms with E-state index >= 15 is 0 Å². The van der Waals surface area contributed by atoms with E-state index in [2.05, 4.69) is 10.6 Å². The van der Waals surface area contributed by atoms with Crippen LogP contribution in [0.1, 0.15) is 64.9 Å². The maximum atomic E-state index is 11.8. The van der Waals surface area contributed by atoms with E-state index in [1.165, 1.54) is 0 Å². The Hall–Kier alpha value is -2.77. The first-order chi connectivity index (χ1) is 14.2. The van der Waals surface area contributed by atoms with Gasteiger partial charge in [0.15, 0.2) is 0 Å². The fourth-order valence-electron chi connectivity index (χ4n) is 2.67. The number of amides is 2. The average Bonchev–Trinajstić information content (AvgIpc) is 2.66. The van der Waals surface area contributed by atoms with Crippen LogP contribution in [0.3, 0.4) is 0 Å². The van der Waals surface area contributed by atoms with Crippen LogP contribution in [0.25, 0.3) is 0 Å². The third-order valence-electron chi connectivity index (χ3n) is 4.14. The largest absolute Gasteiger partial charge is 0.480 e. The van der Waals surface area contributed by atoms with E-state index < -0.39 is 29.8 Å². The zero-order chi connectivity index (χ0) is 22.4. The Morgan fingerprint density at radius 1 is 0.967 bits per heavy atom. The molecule has 0 aliphatic rings. The van der Waals surface area contributed by atoms with Crippen molar-refractivity contribution >= 4 is 18.2 Å². The Bertz CT molecular complexity index is 657. The number of hydrogen-bond acceptors (Lipinski definition) is 5. The molecule has 1 rings (SSSR count). The van der Waals surface area contributed by atoms with Gasteiger partial charge in [0, 0.05) is 6.54 Å². The summed E-state index contributed by atoms with van der Waals surface area (Å²) in [5, 5.41) is 14.4. The van der Waals surface area contributed by atoms with E-state index in [4.69, 9.17) is 9.47 Å². The Morgan fingerprint density at radius 2 is 1.60 bits per heavy atom. The second kappa shape index (κ2) is 13.5. The van der Waals surface area contributed by atoms with Crippen molar-refractivity contribution in [2.45, 2.75) is 77.5 Å². The molecular formula is C22H34N2O6. The number of hydrogen-bond donors (Lipinski definition) is 3. The van der Waals surface area contributed by atoms with Crippen LogP contribution in [0.5, 0.6) is 0 Å². The quantitative estimate of drug-likeness (QED) is 0.434. The van der Waals surface area contributed by atoms with Gasteiger partial charge in [-0.3, -0.25) is 0 Å². The minimum absolute atomic E-state index is 0.0936. The molecule has 1 aromatic rings. The molecule has 0 heterocycles. The fraction of sp³-hybridized carbons (Fsp3) is 0.591.